The van der Waals surface area contributed by atoms with Crippen molar-refractivity contribution in [1.29, 1.82) is 0 Å². The Morgan fingerprint density at radius 1 is 0.433 bits per heavy atom. The number of rotatable bonds is 12. The van der Waals surface area contributed by atoms with E-state index in [1.807, 2.05) is 0 Å². The highest BCUT2D eigenvalue weighted by Crippen LogP contribution is 2.29. The fraction of sp³-hybridized carbons (Fsp3) is 0.400. The first-order valence-electron chi connectivity index (χ1n) is 12.1. The summed E-state index contributed by atoms with van der Waals surface area (Å²) in [5.74, 6) is 0. The predicted octanol–water partition coefficient (Wildman–Crippen LogP) is 9.27. The third-order valence-electron chi connectivity index (χ3n) is 5.99. The zero-order valence-corrected chi connectivity index (χ0v) is 19.0. The van der Waals surface area contributed by atoms with Gasteiger partial charge in [0.25, 0.3) is 0 Å². The molecule has 0 saturated carbocycles. The van der Waals surface area contributed by atoms with Crippen LogP contribution in [0.2, 0.25) is 0 Å². The van der Waals surface area contributed by atoms with Gasteiger partial charge < -0.3 is 0 Å². The lowest BCUT2D eigenvalue weighted by molar-refractivity contribution is 0.661. The predicted molar refractivity (Wildman–Crippen MR) is 133 cm³/mol. The SMILES string of the molecule is CCCCCCc1cc(CCCCCC)cc(-c2cccc(-c3ccccc3)c2)c1. The number of hydrogen-bond acceptors (Lipinski definition) is 0. The molecule has 158 valence electrons. The third kappa shape index (κ3) is 6.87. The second-order valence-electron chi connectivity index (χ2n) is 8.61. The van der Waals surface area contributed by atoms with Crippen molar-refractivity contribution in [3.05, 3.63) is 83.9 Å². The van der Waals surface area contributed by atoms with Crippen molar-refractivity contribution in [2.45, 2.75) is 78.1 Å². The van der Waals surface area contributed by atoms with Crippen molar-refractivity contribution in [3.8, 4) is 22.3 Å². The first kappa shape index (κ1) is 22.3. The zero-order valence-electron chi connectivity index (χ0n) is 19.0. The average molecular weight is 399 g/mol. The van der Waals surface area contributed by atoms with Gasteiger partial charge in [-0.05, 0) is 65.1 Å². The van der Waals surface area contributed by atoms with Crippen LogP contribution in [0.15, 0.2) is 72.8 Å². The van der Waals surface area contributed by atoms with Crippen molar-refractivity contribution < 1.29 is 0 Å². The first-order valence-corrected chi connectivity index (χ1v) is 12.1. The minimum absolute atomic E-state index is 1.20. The Morgan fingerprint density at radius 2 is 0.967 bits per heavy atom. The van der Waals surface area contributed by atoms with Crippen molar-refractivity contribution in [3.63, 3.8) is 0 Å². The maximum Gasteiger partial charge on any atom is -0.0178 e. The van der Waals surface area contributed by atoms with Gasteiger partial charge in [-0.1, -0.05) is 119 Å². The van der Waals surface area contributed by atoms with Crippen LogP contribution < -0.4 is 0 Å². The Labute approximate surface area is 184 Å². The molecular formula is C30H38. The Morgan fingerprint density at radius 3 is 1.53 bits per heavy atom. The molecule has 0 saturated heterocycles. The maximum atomic E-state index is 2.47. The lowest BCUT2D eigenvalue weighted by Crippen LogP contribution is -1.94. The molecule has 0 bridgehead atoms. The Kier molecular flexibility index (Phi) is 9.22. The number of benzene rings is 3. The molecule has 0 radical (unpaired) electrons. The molecule has 3 aromatic carbocycles. The molecule has 0 amide bonds. The fourth-order valence-electron chi connectivity index (χ4n) is 4.24. The van der Waals surface area contributed by atoms with Gasteiger partial charge in [0.2, 0.25) is 0 Å². The quantitative estimate of drug-likeness (QED) is 0.267. The van der Waals surface area contributed by atoms with Gasteiger partial charge in [-0.3, -0.25) is 0 Å². The van der Waals surface area contributed by atoms with Crippen molar-refractivity contribution in [2.24, 2.45) is 0 Å². The van der Waals surface area contributed by atoms with Crippen LogP contribution in [-0.2, 0) is 12.8 Å². The van der Waals surface area contributed by atoms with E-state index in [4.69, 9.17) is 0 Å². The minimum Gasteiger partial charge on any atom is -0.0654 e. The van der Waals surface area contributed by atoms with E-state index >= 15 is 0 Å². The van der Waals surface area contributed by atoms with Crippen LogP contribution in [0.25, 0.3) is 22.3 Å². The summed E-state index contributed by atoms with van der Waals surface area (Å²) in [5, 5.41) is 0. The van der Waals surface area contributed by atoms with Crippen molar-refractivity contribution >= 4 is 0 Å². The second-order valence-corrected chi connectivity index (χ2v) is 8.61. The summed E-state index contributed by atoms with van der Waals surface area (Å²) in [6, 6.07) is 27.1. The molecule has 0 unspecified atom stereocenters. The van der Waals surface area contributed by atoms with Crippen LogP contribution in [-0.4, -0.2) is 0 Å². The Bertz CT molecular complexity index is 845. The van der Waals surface area contributed by atoms with Crippen LogP contribution in [0.1, 0.15) is 76.3 Å². The summed E-state index contributed by atoms with van der Waals surface area (Å²) in [4.78, 5) is 0. The van der Waals surface area contributed by atoms with Gasteiger partial charge in [-0.15, -0.1) is 0 Å². The molecule has 0 aliphatic carbocycles. The molecule has 0 aliphatic heterocycles. The monoisotopic (exact) mass is 398 g/mol. The summed E-state index contributed by atoms with van der Waals surface area (Å²) in [5.41, 5.74) is 8.33. The average Bonchev–Trinajstić information content (AvgIpc) is 2.80. The van der Waals surface area contributed by atoms with Crippen LogP contribution in [0.5, 0.6) is 0 Å². The van der Waals surface area contributed by atoms with Crippen LogP contribution in [0.3, 0.4) is 0 Å². The van der Waals surface area contributed by atoms with Gasteiger partial charge in [0.15, 0.2) is 0 Å². The Balaban J connectivity index is 1.84. The van der Waals surface area contributed by atoms with Crippen LogP contribution in [0, 0.1) is 0 Å². The van der Waals surface area contributed by atoms with Gasteiger partial charge in [0.05, 0.1) is 0 Å². The largest absolute Gasteiger partial charge is 0.0654 e. The molecule has 0 spiro atoms. The van der Waals surface area contributed by atoms with Crippen LogP contribution in [0.4, 0.5) is 0 Å². The van der Waals surface area contributed by atoms with Crippen LogP contribution >= 0.6 is 0 Å². The molecule has 0 atom stereocenters. The standard InChI is InChI=1S/C30H38/c1-3-5-7-10-15-25-21-26(16-11-8-6-4-2)23-30(22-25)29-20-14-19-28(24-29)27-17-12-9-13-18-27/h9,12-14,17-24H,3-8,10-11,15-16H2,1-2H3. The number of unbranched alkanes of at least 4 members (excludes halogenated alkanes) is 6. The highest BCUT2D eigenvalue weighted by atomic mass is 14.1. The van der Waals surface area contributed by atoms with E-state index in [0.29, 0.717) is 0 Å². The maximum absolute atomic E-state index is 2.47. The van der Waals surface area contributed by atoms with Crippen molar-refractivity contribution in [1.82, 2.24) is 0 Å². The molecule has 0 aliphatic rings. The van der Waals surface area contributed by atoms with Gasteiger partial charge in [0, 0.05) is 0 Å². The highest BCUT2D eigenvalue weighted by Gasteiger charge is 2.06. The summed E-state index contributed by atoms with van der Waals surface area (Å²) in [6.45, 7) is 4.57. The van der Waals surface area contributed by atoms with E-state index in [9.17, 15) is 0 Å². The molecule has 0 heteroatoms. The smallest absolute Gasteiger partial charge is 0.0178 e. The third-order valence-corrected chi connectivity index (χ3v) is 5.99. The second kappa shape index (κ2) is 12.4. The molecule has 0 nitrogen and oxygen atoms in total. The minimum atomic E-state index is 1.20. The molecular weight excluding hydrogens is 360 g/mol. The Hall–Kier alpha value is -2.34. The van der Waals surface area contributed by atoms with E-state index in [-0.39, 0.29) is 0 Å². The fourth-order valence-corrected chi connectivity index (χ4v) is 4.24. The van der Waals surface area contributed by atoms with E-state index in [1.165, 1.54) is 97.6 Å². The van der Waals surface area contributed by atoms with Gasteiger partial charge in [0.1, 0.15) is 0 Å². The normalized spacial score (nSPS) is 11.0. The van der Waals surface area contributed by atoms with E-state index in [1.54, 1.807) is 0 Å². The zero-order chi connectivity index (χ0) is 21.0. The lowest BCUT2D eigenvalue weighted by Gasteiger charge is -2.12. The molecule has 0 fully saturated rings. The van der Waals surface area contributed by atoms with E-state index in [2.05, 4.69) is 86.6 Å². The molecule has 3 aromatic rings. The summed E-state index contributed by atoms with van der Waals surface area (Å²) < 4.78 is 0. The van der Waals surface area contributed by atoms with Crippen molar-refractivity contribution in [2.75, 3.05) is 0 Å². The summed E-state index contributed by atoms with van der Waals surface area (Å²) >= 11 is 0. The number of aryl methyl sites for hydroxylation is 2. The molecule has 3 rings (SSSR count). The first-order chi connectivity index (χ1) is 14.8. The molecule has 0 N–H and O–H groups in total. The highest BCUT2D eigenvalue weighted by molar-refractivity contribution is 5.73. The molecule has 0 heterocycles. The summed E-state index contributed by atoms with van der Waals surface area (Å²) in [6.07, 6.45) is 13.0. The van der Waals surface area contributed by atoms with Gasteiger partial charge >= 0.3 is 0 Å². The van der Waals surface area contributed by atoms with E-state index < -0.39 is 0 Å². The van der Waals surface area contributed by atoms with Gasteiger partial charge in [-0.2, -0.15) is 0 Å². The summed E-state index contributed by atoms with van der Waals surface area (Å²) in [7, 11) is 0. The topological polar surface area (TPSA) is 0 Å². The molecule has 0 aromatic heterocycles. The van der Waals surface area contributed by atoms with E-state index in [0.717, 1.165) is 0 Å². The number of hydrogen-bond donors (Lipinski definition) is 0. The molecule has 30 heavy (non-hydrogen) atoms. The lowest BCUT2D eigenvalue weighted by atomic mass is 9.93. The van der Waals surface area contributed by atoms with Gasteiger partial charge in [-0.25, -0.2) is 0 Å².